The largest absolute Gasteiger partial charge is 0.472 e. The summed E-state index contributed by atoms with van der Waals surface area (Å²) in [5, 5.41) is 10.5. The van der Waals surface area contributed by atoms with Crippen molar-refractivity contribution in [1.29, 1.82) is 0 Å². The van der Waals surface area contributed by atoms with Crippen LogP contribution < -0.4 is 0 Å². The maximum atomic E-state index is 13.0. The molecule has 0 rings (SSSR count). The third-order valence-corrected chi connectivity index (χ3v) is 16.8. The highest BCUT2D eigenvalue weighted by Gasteiger charge is 2.30. The summed E-state index contributed by atoms with van der Waals surface area (Å²) in [5.74, 6) is -1.40. The van der Waals surface area contributed by atoms with Gasteiger partial charge in [0.25, 0.3) is 0 Å². The Morgan fingerprint density at radius 1 is 0.341 bits per heavy atom. The van der Waals surface area contributed by atoms with Crippen molar-refractivity contribution >= 4 is 39.5 Å². The van der Waals surface area contributed by atoms with E-state index in [0.29, 0.717) is 25.7 Å². The number of ether oxygens (including phenoxy) is 4. The molecule has 82 heavy (non-hydrogen) atoms. The summed E-state index contributed by atoms with van der Waals surface area (Å²) in [6.07, 6.45) is 40.2. The summed E-state index contributed by atoms with van der Waals surface area (Å²) in [6.45, 7) is 7.13. The minimum absolute atomic E-state index is 0.106. The van der Waals surface area contributed by atoms with Gasteiger partial charge >= 0.3 is 39.5 Å². The average molecular weight is 1210 g/mol. The molecule has 6 atom stereocenters. The lowest BCUT2D eigenvalue weighted by atomic mass is 10.00. The molecule has 3 N–H and O–H groups in total. The van der Waals surface area contributed by atoms with Crippen LogP contribution in [-0.2, 0) is 65.4 Å². The summed E-state index contributed by atoms with van der Waals surface area (Å²) in [4.78, 5) is 72.1. The van der Waals surface area contributed by atoms with E-state index in [-0.39, 0.29) is 25.7 Å². The van der Waals surface area contributed by atoms with Gasteiger partial charge in [-0.25, -0.2) is 9.13 Å². The number of aliphatic hydroxyl groups is 1. The Hall–Kier alpha value is -1.94. The lowest BCUT2D eigenvalue weighted by molar-refractivity contribution is -0.161. The fourth-order valence-corrected chi connectivity index (χ4v) is 11.0. The summed E-state index contributed by atoms with van der Waals surface area (Å²) < 4.78 is 67.9. The molecule has 0 bridgehead atoms. The van der Waals surface area contributed by atoms with Crippen molar-refractivity contribution in [3.8, 4) is 0 Å². The molecule has 0 aliphatic carbocycles. The van der Waals surface area contributed by atoms with Crippen molar-refractivity contribution in [3.05, 3.63) is 0 Å². The molecule has 486 valence electrons. The van der Waals surface area contributed by atoms with Crippen LogP contribution in [0, 0.1) is 5.92 Å². The number of phosphoric acid groups is 2. The summed E-state index contributed by atoms with van der Waals surface area (Å²) in [7, 11) is -9.88. The summed E-state index contributed by atoms with van der Waals surface area (Å²) in [5.41, 5.74) is 0. The van der Waals surface area contributed by atoms with Gasteiger partial charge < -0.3 is 33.8 Å². The average Bonchev–Trinajstić information content (AvgIpc) is 3.45. The molecule has 0 heterocycles. The number of carbonyl (C=O) groups is 4. The fourth-order valence-electron chi connectivity index (χ4n) is 9.37. The lowest BCUT2D eigenvalue weighted by Crippen LogP contribution is -2.30. The van der Waals surface area contributed by atoms with Crippen LogP contribution in [0.15, 0.2) is 0 Å². The maximum Gasteiger partial charge on any atom is 0.472 e. The number of hydrogen-bond acceptors (Lipinski definition) is 15. The molecule has 0 saturated carbocycles. The standard InChI is InChI=1S/C63H122O17P2/c1-6-10-13-16-19-22-24-25-26-29-32-39-44-49-63(68)80-59(53-74-61(66)47-42-37-34-33-35-40-45-56(5)9-4)55-78-82(71,72)76-51-57(64)50-75-81(69,70)77-54-58(52-73-60(65)46-41-36-30-27-21-18-15-12-8-3)79-62(67)48-43-38-31-28-23-20-17-14-11-7-2/h56-59,64H,6-55H2,1-5H3,(H,69,70)(H,71,72)/t56?,57-,58+,59+/m0/s1. The number of phosphoric ester groups is 2. The normalized spacial score (nSPS) is 14.6. The van der Waals surface area contributed by atoms with Crippen LogP contribution >= 0.6 is 15.6 Å². The Bertz CT molecular complexity index is 1600. The molecule has 0 aromatic heterocycles. The highest BCUT2D eigenvalue weighted by molar-refractivity contribution is 7.47. The Balaban J connectivity index is 5.24. The Kier molecular flexibility index (Phi) is 55.5. The molecular formula is C63H122O17P2. The third kappa shape index (κ3) is 55.9. The zero-order chi connectivity index (χ0) is 60.6. The molecule has 0 radical (unpaired) electrons. The van der Waals surface area contributed by atoms with Gasteiger partial charge in [-0.15, -0.1) is 0 Å². The second-order valence-electron chi connectivity index (χ2n) is 23.0. The van der Waals surface area contributed by atoms with Crippen molar-refractivity contribution < 1.29 is 80.2 Å². The van der Waals surface area contributed by atoms with Crippen LogP contribution in [0.2, 0.25) is 0 Å². The van der Waals surface area contributed by atoms with Crippen LogP contribution in [0.25, 0.3) is 0 Å². The van der Waals surface area contributed by atoms with E-state index in [2.05, 4.69) is 34.6 Å². The number of carbonyl (C=O) groups excluding carboxylic acids is 4. The minimum atomic E-state index is -4.94. The van der Waals surface area contributed by atoms with E-state index >= 15 is 0 Å². The topological polar surface area (TPSA) is 237 Å². The Morgan fingerprint density at radius 2 is 0.585 bits per heavy atom. The number of esters is 4. The first-order valence-corrected chi connectivity index (χ1v) is 36.2. The van der Waals surface area contributed by atoms with Gasteiger partial charge in [0.05, 0.1) is 26.4 Å². The van der Waals surface area contributed by atoms with Gasteiger partial charge in [0, 0.05) is 25.7 Å². The van der Waals surface area contributed by atoms with E-state index in [1.54, 1.807) is 0 Å². The molecule has 0 aromatic rings. The van der Waals surface area contributed by atoms with Crippen molar-refractivity contribution in [3.63, 3.8) is 0 Å². The van der Waals surface area contributed by atoms with Gasteiger partial charge in [0.2, 0.25) is 0 Å². The van der Waals surface area contributed by atoms with E-state index in [0.717, 1.165) is 102 Å². The highest BCUT2D eigenvalue weighted by Crippen LogP contribution is 2.45. The van der Waals surface area contributed by atoms with Gasteiger partial charge in [0.1, 0.15) is 19.3 Å². The molecule has 0 aliphatic rings. The second kappa shape index (κ2) is 56.8. The second-order valence-corrected chi connectivity index (χ2v) is 25.9. The quantitative estimate of drug-likeness (QED) is 0.0222. The van der Waals surface area contributed by atoms with Crippen LogP contribution in [0.1, 0.15) is 317 Å². The summed E-state index contributed by atoms with van der Waals surface area (Å²) >= 11 is 0. The zero-order valence-electron chi connectivity index (χ0n) is 52.6. The van der Waals surface area contributed by atoms with E-state index in [1.165, 1.54) is 135 Å². The van der Waals surface area contributed by atoms with Crippen LogP contribution in [-0.4, -0.2) is 96.7 Å². The molecule has 19 heteroatoms. The predicted molar refractivity (Wildman–Crippen MR) is 326 cm³/mol. The van der Waals surface area contributed by atoms with Crippen molar-refractivity contribution in [2.24, 2.45) is 5.92 Å². The first-order chi connectivity index (χ1) is 39.6. The molecule has 0 aliphatic heterocycles. The van der Waals surface area contributed by atoms with Crippen LogP contribution in [0.5, 0.6) is 0 Å². The van der Waals surface area contributed by atoms with Crippen LogP contribution in [0.3, 0.4) is 0 Å². The molecule has 3 unspecified atom stereocenters. The van der Waals surface area contributed by atoms with E-state index in [9.17, 15) is 43.2 Å². The van der Waals surface area contributed by atoms with Gasteiger partial charge in [-0.05, 0) is 31.6 Å². The number of hydrogen-bond donors (Lipinski definition) is 3. The third-order valence-electron chi connectivity index (χ3n) is 14.9. The van der Waals surface area contributed by atoms with Gasteiger partial charge in [0.15, 0.2) is 12.2 Å². The van der Waals surface area contributed by atoms with Crippen molar-refractivity contribution in [2.75, 3.05) is 39.6 Å². The van der Waals surface area contributed by atoms with E-state index < -0.39 is 97.5 Å². The van der Waals surface area contributed by atoms with Gasteiger partial charge in [-0.3, -0.25) is 37.3 Å². The fraction of sp³-hybridized carbons (Fsp3) is 0.937. The SMILES string of the molecule is CCCCCCCCCCCCCCCC(=O)O[C@H](COC(=O)CCCCCCCCC(C)CC)COP(=O)(O)OC[C@@H](O)COP(=O)(O)OC[C@@H](COC(=O)CCCCCCCCCCC)OC(=O)CCCCCCCCCCCC. The molecule has 0 saturated heterocycles. The molecule has 0 amide bonds. The van der Waals surface area contributed by atoms with Gasteiger partial charge in [-0.1, -0.05) is 266 Å². The zero-order valence-corrected chi connectivity index (χ0v) is 54.4. The maximum absolute atomic E-state index is 13.0. The van der Waals surface area contributed by atoms with Crippen LogP contribution in [0.4, 0.5) is 0 Å². The van der Waals surface area contributed by atoms with E-state index in [1.807, 2.05) is 0 Å². The van der Waals surface area contributed by atoms with Gasteiger partial charge in [-0.2, -0.15) is 0 Å². The smallest absolute Gasteiger partial charge is 0.462 e. The highest BCUT2D eigenvalue weighted by atomic mass is 31.2. The van der Waals surface area contributed by atoms with Crippen molar-refractivity contribution in [1.82, 2.24) is 0 Å². The molecule has 0 fully saturated rings. The lowest BCUT2D eigenvalue weighted by Gasteiger charge is -2.21. The first-order valence-electron chi connectivity index (χ1n) is 33.2. The molecule has 17 nitrogen and oxygen atoms in total. The number of unbranched alkanes of at least 4 members (excludes halogenated alkanes) is 34. The molecule has 0 aromatic carbocycles. The summed E-state index contributed by atoms with van der Waals surface area (Å²) in [6, 6.07) is 0. The van der Waals surface area contributed by atoms with Crippen molar-refractivity contribution in [2.45, 2.75) is 335 Å². The number of rotatable bonds is 63. The molecular weight excluding hydrogens is 1090 g/mol. The minimum Gasteiger partial charge on any atom is -0.462 e. The Labute approximate surface area is 498 Å². The Morgan fingerprint density at radius 3 is 0.866 bits per heavy atom. The first kappa shape index (κ1) is 80.1. The van der Waals surface area contributed by atoms with E-state index in [4.69, 9.17) is 37.0 Å². The number of aliphatic hydroxyl groups excluding tert-OH is 1. The predicted octanol–water partition coefficient (Wildman–Crippen LogP) is 17.4. The molecule has 0 spiro atoms. The monoisotopic (exact) mass is 1210 g/mol.